The molecule has 0 bridgehead atoms. The van der Waals surface area contributed by atoms with Crippen LogP contribution in [0, 0.1) is 0 Å². The highest BCUT2D eigenvalue weighted by molar-refractivity contribution is 6.31. The summed E-state index contributed by atoms with van der Waals surface area (Å²) in [6.07, 6.45) is 0. The smallest absolute Gasteiger partial charge is 0.337 e. The number of nitrogens with one attached hydrogen (secondary N) is 1. The molecule has 4 nitrogen and oxygen atoms in total. The topological polar surface area (TPSA) is 69.6 Å². The lowest BCUT2D eigenvalue weighted by molar-refractivity contribution is 0.0696. The molecule has 0 saturated carbocycles. The van der Waals surface area contributed by atoms with E-state index in [2.05, 4.69) is 5.32 Å². The normalized spacial score (nSPS) is 11.2. The Labute approximate surface area is 98.9 Å². The van der Waals surface area contributed by atoms with Crippen LogP contribution in [0.15, 0.2) is 18.2 Å². The molecule has 16 heavy (non-hydrogen) atoms. The number of anilines is 1. The van der Waals surface area contributed by atoms with Gasteiger partial charge in [0.05, 0.1) is 11.2 Å². The van der Waals surface area contributed by atoms with Crippen LogP contribution in [0.1, 0.15) is 24.2 Å². The highest BCUT2D eigenvalue weighted by Crippen LogP contribution is 2.21. The highest BCUT2D eigenvalue weighted by Gasteiger charge is 2.15. The quantitative estimate of drug-likeness (QED) is 0.759. The molecule has 3 N–H and O–H groups in total. The van der Waals surface area contributed by atoms with Crippen molar-refractivity contribution < 1.29 is 15.0 Å². The zero-order valence-electron chi connectivity index (χ0n) is 9.12. The van der Waals surface area contributed by atoms with E-state index in [4.69, 9.17) is 16.7 Å². The summed E-state index contributed by atoms with van der Waals surface area (Å²) in [5.41, 5.74) is -0.370. The molecule has 0 spiro atoms. The number of aliphatic hydroxyl groups is 1. The van der Waals surface area contributed by atoms with Crippen molar-refractivity contribution in [3.63, 3.8) is 0 Å². The molecule has 1 rings (SSSR count). The molecule has 0 unspecified atom stereocenters. The van der Waals surface area contributed by atoms with Gasteiger partial charge in [0.15, 0.2) is 0 Å². The van der Waals surface area contributed by atoms with Crippen molar-refractivity contribution in [3.05, 3.63) is 28.8 Å². The lowest BCUT2D eigenvalue weighted by atomic mass is 10.1. The van der Waals surface area contributed by atoms with Gasteiger partial charge in [0.25, 0.3) is 0 Å². The molecule has 0 aliphatic carbocycles. The van der Waals surface area contributed by atoms with Gasteiger partial charge in [-0.2, -0.15) is 0 Å². The largest absolute Gasteiger partial charge is 0.478 e. The first kappa shape index (κ1) is 12.8. The van der Waals surface area contributed by atoms with Gasteiger partial charge >= 0.3 is 5.97 Å². The molecule has 0 aliphatic rings. The summed E-state index contributed by atoms with van der Waals surface area (Å²) in [6.45, 7) is 3.53. The Bertz CT molecular complexity index is 399. The van der Waals surface area contributed by atoms with Crippen LogP contribution >= 0.6 is 11.6 Å². The maximum Gasteiger partial charge on any atom is 0.337 e. The minimum Gasteiger partial charge on any atom is -0.478 e. The number of rotatable bonds is 4. The van der Waals surface area contributed by atoms with E-state index in [9.17, 15) is 9.90 Å². The number of benzene rings is 1. The molecule has 0 heterocycles. The summed E-state index contributed by atoms with van der Waals surface area (Å²) in [5.74, 6) is -1.05. The fourth-order valence-corrected chi connectivity index (χ4v) is 1.33. The summed E-state index contributed by atoms with van der Waals surface area (Å²) >= 11 is 5.71. The predicted octanol–water partition coefficient (Wildman–Crippen LogP) is 2.22. The third kappa shape index (κ3) is 3.72. The molecule has 0 aliphatic heterocycles. The molecule has 0 fully saturated rings. The first-order chi connectivity index (χ1) is 7.29. The van der Waals surface area contributed by atoms with E-state index >= 15 is 0 Å². The van der Waals surface area contributed by atoms with Crippen molar-refractivity contribution in [2.24, 2.45) is 0 Å². The Kier molecular flexibility index (Phi) is 3.78. The van der Waals surface area contributed by atoms with Crippen molar-refractivity contribution in [1.29, 1.82) is 0 Å². The molecule has 0 amide bonds. The first-order valence-corrected chi connectivity index (χ1v) is 5.16. The second-order valence-corrected chi connectivity index (χ2v) is 4.60. The summed E-state index contributed by atoms with van der Waals surface area (Å²) in [7, 11) is 0. The standard InChI is InChI=1S/C11H14ClNO3/c1-11(2,16)6-13-9-4-3-7(12)5-8(9)10(14)15/h3-5,13,16H,6H2,1-2H3,(H,14,15). The Balaban J connectivity index is 2.91. The minimum atomic E-state index is -1.05. The molecule has 1 aromatic carbocycles. The van der Waals surface area contributed by atoms with Gasteiger partial charge in [-0.25, -0.2) is 4.79 Å². The summed E-state index contributed by atoms with van der Waals surface area (Å²) in [5, 5.41) is 21.7. The molecule has 1 aromatic rings. The fraction of sp³-hybridized carbons (Fsp3) is 0.364. The lowest BCUT2D eigenvalue weighted by Crippen LogP contribution is -2.29. The van der Waals surface area contributed by atoms with Crippen molar-refractivity contribution in [1.82, 2.24) is 0 Å². The number of aromatic carboxylic acids is 1. The Morgan fingerprint density at radius 2 is 2.12 bits per heavy atom. The van der Waals surface area contributed by atoms with Crippen LogP contribution in [0.3, 0.4) is 0 Å². The molecular weight excluding hydrogens is 230 g/mol. The van der Waals surface area contributed by atoms with Crippen LogP contribution in [0.4, 0.5) is 5.69 Å². The van der Waals surface area contributed by atoms with Crippen molar-refractivity contribution in [3.8, 4) is 0 Å². The van der Waals surface area contributed by atoms with Crippen LogP contribution in [0.2, 0.25) is 5.02 Å². The molecule has 0 aromatic heterocycles. The van der Waals surface area contributed by atoms with Crippen LogP contribution in [0.25, 0.3) is 0 Å². The number of halogens is 1. The Hall–Kier alpha value is -1.26. The number of carboxylic acids is 1. The van der Waals surface area contributed by atoms with E-state index in [-0.39, 0.29) is 12.1 Å². The van der Waals surface area contributed by atoms with E-state index in [0.29, 0.717) is 10.7 Å². The maximum absolute atomic E-state index is 10.9. The van der Waals surface area contributed by atoms with Gasteiger partial charge in [-0.3, -0.25) is 0 Å². The van der Waals surface area contributed by atoms with Crippen LogP contribution in [-0.4, -0.2) is 28.3 Å². The maximum atomic E-state index is 10.9. The SMILES string of the molecule is CC(C)(O)CNc1ccc(Cl)cc1C(=O)O. The van der Waals surface area contributed by atoms with E-state index in [1.165, 1.54) is 6.07 Å². The summed E-state index contributed by atoms with van der Waals surface area (Å²) in [4.78, 5) is 10.9. The van der Waals surface area contributed by atoms with E-state index in [1.807, 2.05) is 0 Å². The monoisotopic (exact) mass is 243 g/mol. The third-order valence-electron chi connectivity index (χ3n) is 1.92. The number of hydrogen-bond acceptors (Lipinski definition) is 3. The molecule has 0 saturated heterocycles. The van der Waals surface area contributed by atoms with Gasteiger partial charge < -0.3 is 15.5 Å². The molecular formula is C11H14ClNO3. The zero-order valence-corrected chi connectivity index (χ0v) is 9.88. The van der Waals surface area contributed by atoms with Crippen LogP contribution in [-0.2, 0) is 0 Å². The molecule has 5 heteroatoms. The fourth-order valence-electron chi connectivity index (χ4n) is 1.16. The average molecular weight is 244 g/mol. The van der Waals surface area contributed by atoms with Gasteiger partial charge in [-0.05, 0) is 32.0 Å². The highest BCUT2D eigenvalue weighted by atomic mass is 35.5. The zero-order chi connectivity index (χ0) is 12.3. The first-order valence-electron chi connectivity index (χ1n) is 4.79. The Morgan fingerprint density at radius 3 is 2.62 bits per heavy atom. The van der Waals surface area contributed by atoms with Gasteiger partial charge in [0, 0.05) is 17.3 Å². The van der Waals surface area contributed by atoms with Gasteiger partial charge in [-0.1, -0.05) is 11.6 Å². The number of carboxylic acid groups (broad SMARTS) is 1. The molecule has 88 valence electrons. The number of carbonyl (C=O) groups is 1. The van der Waals surface area contributed by atoms with E-state index in [1.54, 1.807) is 26.0 Å². The van der Waals surface area contributed by atoms with Gasteiger partial charge in [-0.15, -0.1) is 0 Å². The van der Waals surface area contributed by atoms with E-state index in [0.717, 1.165) is 0 Å². The van der Waals surface area contributed by atoms with Gasteiger partial charge in [0.1, 0.15) is 0 Å². The summed E-state index contributed by atoms with van der Waals surface area (Å²) < 4.78 is 0. The van der Waals surface area contributed by atoms with Crippen LogP contribution < -0.4 is 5.32 Å². The second kappa shape index (κ2) is 4.72. The van der Waals surface area contributed by atoms with Crippen molar-refractivity contribution in [2.75, 3.05) is 11.9 Å². The lowest BCUT2D eigenvalue weighted by Gasteiger charge is -2.19. The third-order valence-corrected chi connectivity index (χ3v) is 2.16. The minimum absolute atomic E-state index is 0.0942. The molecule has 0 radical (unpaired) electrons. The second-order valence-electron chi connectivity index (χ2n) is 4.16. The van der Waals surface area contributed by atoms with Crippen molar-refractivity contribution >= 4 is 23.3 Å². The summed E-state index contributed by atoms with van der Waals surface area (Å²) in [6, 6.07) is 4.55. The predicted molar refractivity (Wildman–Crippen MR) is 63.2 cm³/mol. The van der Waals surface area contributed by atoms with E-state index < -0.39 is 11.6 Å². The molecule has 0 atom stereocenters. The Morgan fingerprint density at radius 1 is 1.50 bits per heavy atom. The number of hydrogen-bond donors (Lipinski definition) is 3. The van der Waals surface area contributed by atoms with Crippen molar-refractivity contribution in [2.45, 2.75) is 19.4 Å². The average Bonchev–Trinajstić information content (AvgIpc) is 2.14. The van der Waals surface area contributed by atoms with Crippen LogP contribution in [0.5, 0.6) is 0 Å². The van der Waals surface area contributed by atoms with Gasteiger partial charge in [0.2, 0.25) is 0 Å².